The monoisotopic (exact) mass is 512 g/mol. The number of hydrogen-bond donors (Lipinski definition) is 1. The van der Waals surface area contributed by atoms with Crippen molar-refractivity contribution in [3.05, 3.63) is 108 Å². The van der Waals surface area contributed by atoms with Crippen LogP contribution in [0.4, 0.5) is 0 Å². The molecule has 0 aliphatic carbocycles. The summed E-state index contributed by atoms with van der Waals surface area (Å²) in [4.78, 5) is 23.5. The Hall–Kier alpha value is -3.96. The molecular formula is C33H36O5. The van der Waals surface area contributed by atoms with Gasteiger partial charge >= 0.3 is 11.9 Å². The maximum atomic E-state index is 11.7. The minimum Gasteiger partial charge on any atom is -0.462 e. The van der Waals surface area contributed by atoms with Crippen molar-refractivity contribution in [1.29, 1.82) is 0 Å². The molecule has 0 radical (unpaired) electrons. The molecule has 3 rings (SSSR count). The quantitative estimate of drug-likeness (QED) is 0.226. The van der Waals surface area contributed by atoms with Gasteiger partial charge in [0.25, 0.3) is 0 Å². The molecular weight excluding hydrogens is 476 g/mol. The van der Waals surface area contributed by atoms with Crippen molar-refractivity contribution < 1.29 is 24.2 Å². The first kappa shape index (κ1) is 28.6. The van der Waals surface area contributed by atoms with Gasteiger partial charge in [0.1, 0.15) is 0 Å². The molecule has 5 nitrogen and oxygen atoms in total. The number of aryl methyl sites for hydroxylation is 2. The highest BCUT2D eigenvalue weighted by Crippen LogP contribution is 2.35. The van der Waals surface area contributed by atoms with Gasteiger partial charge in [0.15, 0.2) is 0 Å². The summed E-state index contributed by atoms with van der Waals surface area (Å²) >= 11 is 0. The lowest BCUT2D eigenvalue weighted by molar-refractivity contribution is -0.138. The average Bonchev–Trinajstić information content (AvgIpc) is 2.93. The summed E-state index contributed by atoms with van der Waals surface area (Å²) in [7, 11) is 0. The molecule has 198 valence electrons. The molecule has 0 fully saturated rings. The van der Waals surface area contributed by atoms with Crippen LogP contribution in [-0.2, 0) is 44.7 Å². The van der Waals surface area contributed by atoms with Gasteiger partial charge in [-0.15, -0.1) is 0 Å². The van der Waals surface area contributed by atoms with Gasteiger partial charge in [-0.25, -0.2) is 9.59 Å². The van der Waals surface area contributed by atoms with Gasteiger partial charge in [-0.3, -0.25) is 0 Å². The highest BCUT2D eigenvalue weighted by molar-refractivity contribution is 5.82. The highest BCUT2D eigenvalue weighted by atomic mass is 16.5. The molecule has 0 bridgehead atoms. The highest BCUT2D eigenvalue weighted by Gasteiger charge is 2.17. The van der Waals surface area contributed by atoms with Crippen LogP contribution in [0.1, 0.15) is 34.7 Å². The maximum absolute atomic E-state index is 11.7. The second kappa shape index (κ2) is 14.1. The van der Waals surface area contributed by atoms with Gasteiger partial charge in [-0.2, -0.15) is 0 Å². The van der Waals surface area contributed by atoms with E-state index >= 15 is 0 Å². The molecule has 0 unspecified atom stereocenters. The van der Waals surface area contributed by atoms with Crippen LogP contribution in [0.25, 0.3) is 22.3 Å². The molecule has 0 spiro atoms. The van der Waals surface area contributed by atoms with Gasteiger partial charge in [0.05, 0.1) is 13.2 Å². The zero-order chi connectivity index (χ0) is 27.5. The minimum absolute atomic E-state index is 0.0875. The number of hydrogen-bond acceptors (Lipinski definition) is 5. The molecule has 38 heavy (non-hydrogen) atoms. The van der Waals surface area contributed by atoms with Crippen LogP contribution in [-0.4, -0.2) is 36.9 Å². The smallest absolute Gasteiger partial charge is 0.330 e. The lowest BCUT2D eigenvalue weighted by atomic mass is 9.86. The Morgan fingerprint density at radius 1 is 0.789 bits per heavy atom. The third kappa shape index (κ3) is 7.53. The normalized spacial score (nSPS) is 10.6. The van der Waals surface area contributed by atoms with E-state index in [-0.39, 0.29) is 19.8 Å². The van der Waals surface area contributed by atoms with E-state index in [1.54, 1.807) is 0 Å². The van der Waals surface area contributed by atoms with Gasteiger partial charge in [-0.1, -0.05) is 80.2 Å². The van der Waals surface area contributed by atoms with Crippen molar-refractivity contribution in [3.8, 4) is 22.3 Å². The first-order chi connectivity index (χ1) is 18.4. The Labute approximate surface area is 225 Å². The predicted molar refractivity (Wildman–Crippen MR) is 152 cm³/mol. The number of carbonyl (C=O) groups is 2. The zero-order valence-electron chi connectivity index (χ0n) is 22.3. The maximum Gasteiger partial charge on any atom is 0.330 e. The standard InChI is InChI=1S/C33H36O5/c1-5-25-20-23(4)8-13-30(25)29-21-27(15-18-37-31(35)6-2)33(26-11-9-24(10-12-26)14-17-34)28(22-29)16-19-38-32(36)7-3/h6-13,20-22,34H,2-3,5,14-19H2,1,4H3. The fourth-order valence-electron chi connectivity index (χ4n) is 4.59. The molecule has 0 atom stereocenters. The van der Waals surface area contributed by atoms with Gasteiger partial charge < -0.3 is 14.6 Å². The third-order valence-electron chi connectivity index (χ3n) is 6.46. The first-order valence-electron chi connectivity index (χ1n) is 12.9. The summed E-state index contributed by atoms with van der Waals surface area (Å²) in [6.45, 7) is 11.7. The summed E-state index contributed by atoms with van der Waals surface area (Å²) in [6.07, 6.45) is 4.82. The Morgan fingerprint density at radius 2 is 1.37 bits per heavy atom. The summed E-state index contributed by atoms with van der Waals surface area (Å²) in [5.74, 6) is -0.918. The summed E-state index contributed by atoms with van der Waals surface area (Å²) < 4.78 is 10.7. The van der Waals surface area contributed by atoms with Crippen LogP contribution >= 0.6 is 0 Å². The molecule has 0 saturated heterocycles. The van der Waals surface area contributed by atoms with E-state index in [9.17, 15) is 14.7 Å². The van der Waals surface area contributed by atoms with E-state index < -0.39 is 11.9 Å². The van der Waals surface area contributed by atoms with E-state index in [0.29, 0.717) is 19.3 Å². The van der Waals surface area contributed by atoms with Crippen LogP contribution in [0.3, 0.4) is 0 Å². The van der Waals surface area contributed by atoms with E-state index in [1.165, 1.54) is 11.1 Å². The Bertz CT molecular complexity index is 1240. The topological polar surface area (TPSA) is 72.8 Å². The lowest BCUT2D eigenvalue weighted by Crippen LogP contribution is -2.09. The average molecular weight is 513 g/mol. The molecule has 0 heterocycles. The molecule has 0 saturated carbocycles. The lowest BCUT2D eigenvalue weighted by Gasteiger charge is -2.20. The molecule has 3 aromatic carbocycles. The summed E-state index contributed by atoms with van der Waals surface area (Å²) in [5.41, 5.74) is 9.81. The Kier molecular flexibility index (Phi) is 10.6. The second-order valence-electron chi connectivity index (χ2n) is 9.10. The number of aliphatic hydroxyl groups excluding tert-OH is 1. The number of aliphatic hydroxyl groups is 1. The van der Waals surface area contributed by atoms with Crippen molar-refractivity contribution in [2.75, 3.05) is 19.8 Å². The van der Waals surface area contributed by atoms with E-state index in [4.69, 9.17) is 9.47 Å². The van der Waals surface area contributed by atoms with Gasteiger partial charge in [0, 0.05) is 31.6 Å². The largest absolute Gasteiger partial charge is 0.462 e. The van der Waals surface area contributed by atoms with Crippen LogP contribution in [0.5, 0.6) is 0 Å². The minimum atomic E-state index is -0.459. The van der Waals surface area contributed by atoms with Crippen LogP contribution < -0.4 is 0 Å². The van der Waals surface area contributed by atoms with Crippen LogP contribution in [0.15, 0.2) is 79.9 Å². The number of carbonyl (C=O) groups excluding carboxylic acids is 2. The van der Waals surface area contributed by atoms with E-state index in [1.807, 2.05) is 24.3 Å². The van der Waals surface area contributed by atoms with Crippen molar-refractivity contribution in [2.24, 2.45) is 0 Å². The first-order valence-corrected chi connectivity index (χ1v) is 12.9. The fraction of sp³-hybridized carbons (Fsp3) is 0.273. The summed E-state index contributed by atoms with van der Waals surface area (Å²) in [6, 6.07) is 18.9. The summed E-state index contributed by atoms with van der Waals surface area (Å²) in [5, 5.41) is 9.32. The number of esters is 2. The Morgan fingerprint density at radius 3 is 1.87 bits per heavy atom. The number of ether oxygens (including phenoxy) is 2. The number of rotatable bonds is 13. The molecule has 0 amide bonds. The molecule has 5 heteroatoms. The molecule has 3 aromatic rings. The van der Waals surface area contributed by atoms with E-state index in [0.717, 1.165) is 57.5 Å². The molecule has 0 aliphatic rings. The zero-order valence-corrected chi connectivity index (χ0v) is 22.3. The Balaban J connectivity index is 2.16. The van der Waals surface area contributed by atoms with Crippen molar-refractivity contribution >= 4 is 11.9 Å². The predicted octanol–water partition coefficient (Wildman–Crippen LogP) is 5.97. The second-order valence-corrected chi connectivity index (χ2v) is 9.10. The SMILES string of the molecule is C=CC(=O)OCCc1cc(-c2ccc(C)cc2CC)cc(CCOC(=O)C=C)c1-c1ccc(CCO)cc1. The third-order valence-corrected chi connectivity index (χ3v) is 6.46. The van der Waals surface area contributed by atoms with Gasteiger partial charge in [0.2, 0.25) is 0 Å². The van der Waals surface area contributed by atoms with Crippen LogP contribution in [0.2, 0.25) is 0 Å². The van der Waals surface area contributed by atoms with E-state index in [2.05, 4.69) is 57.3 Å². The van der Waals surface area contributed by atoms with Crippen molar-refractivity contribution in [3.63, 3.8) is 0 Å². The van der Waals surface area contributed by atoms with Crippen molar-refractivity contribution in [2.45, 2.75) is 39.5 Å². The molecule has 0 aromatic heterocycles. The molecule has 0 aliphatic heterocycles. The fourth-order valence-corrected chi connectivity index (χ4v) is 4.59. The van der Waals surface area contributed by atoms with Gasteiger partial charge in [-0.05, 0) is 64.3 Å². The molecule has 1 N–H and O–H groups in total. The van der Waals surface area contributed by atoms with Crippen LogP contribution in [0, 0.1) is 6.92 Å². The van der Waals surface area contributed by atoms with Crippen molar-refractivity contribution in [1.82, 2.24) is 0 Å². The number of benzene rings is 3.